The summed E-state index contributed by atoms with van der Waals surface area (Å²) in [6.45, 7) is 7.96. The molecule has 1 saturated heterocycles. The number of piperidine rings is 1. The second kappa shape index (κ2) is 16.9. The molecule has 0 aromatic heterocycles. The van der Waals surface area contributed by atoms with Crippen molar-refractivity contribution in [2.75, 3.05) is 20.2 Å². The summed E-state index contributed by atoms with van der Waals surface area (Å²) in [5, 5.41) is 4.65. The maximum Gasteiger partial charge on any atom is 0.415 e. The fourth-order valence-electron chi connectivity index (χ4n) is 5.49. The Kier molecular flexibility index (Phi) is 12.5. The van der Waals surface area contributed by atoms with Crippen molar-refractivity contribution in [3.8, 4) is 22.6 Å². The van der Waals surface area contributed by atoms with E-state index in [2.05, 4.69) is 36.5 Å². The van der Waals surface area contributed by atoms with Crippen LogP contribution in [0.2, 0.25) is 0 Å². The first-order valence-corrected chi connectivity index (χ1v) is 16.0. The predicted molar refractivity (Wildman–Crippen MR) is 187 cm³/mol. The number of ether oxygens (including phenoxy) is 2. The first-order valence-electron chi connectivity index (χ1n) is 16.0. The summed E-state index contributed by atoms with van der Waals surface area (Å²) in [7, 11) is 1.63. The van der Waals surface area contributed by atoms with Gasteiger partial charge in [0.15, 0.2) is 0 Å². The van der Waals surface area contributed by atoms with Crippen molar-refractivity contribution in [3.05, 3.63) is 132 Å². The van der Waals surface area contributed by atoms with E-state index in [1.54, 1.807) is 18.1 Å². The van der Waals surface area contributed by atoms with Crippen LogP contribution in [0.25, 0.3) is 21.9 Å². The summed E-state index contributed by atoms with van der Waals surface area (Å²) in [5.74, 6) is 1.05. The lowest BCUT2D eigenvalue weighted by Gasteiger charge is -2.39. The van der Waals surface area contributed by atoms with E-state index in [-0.39, 0.29) is 17.3 Å². The van der Waals surface area contributed by atoms with Gasteiger partial charge in [0, 0.05) is 19.6 Å². The normalized spacial score (nSPS) is 13.3. The van der Waals surface area contributed by atoms with Crippen LogP contribution in [-0.2, 0) is 16.8 Å². The summed E-state index contributed by atoms with van der Waals surface area (Å²) < 4.78 is 24.1. The van der Waals surface area contributed by atoms with Crippen LogP contribution >= 0.6 is 0 Å². The Labute approximate surface area is 277 Å². The smallest absolute Gasteiger partial charge is 0.415 e. The van der Waals surface area contributed by atoms with Crippen molar-refractivity contribution in [2.45, 2.75) is 45.6 Å². The van der Waals surface area contributed by atoms with Crippen LogP contribution in [0.5, 0.6) is 11.5 Å². The molecule has 0 spiro atoms. The van der Waals surface area contributed by atoms with E-state index in [0.29, 0.717) is 31.8 Å². The first-order chi connectivity index (χ1) is 22.9. The van der Waals surface area contributed by atoms with Crippen LogP contribution < -0.4 is 14.8 Å². The molecule has 47 heavy (non-hydrogen) atoms. The summed E-state index contributed by atoms with van der Waals surface area (Å²) in [4.78, 5) is 24.5. The van der Waals surface area contributed by atoms with E-state index in [1.165, 1.54) is 23.3 Å². The zero-order chi connectivity index (χ0) is 33.6. The number of carbonyl (C=O) groups excluding carboxylic acids is 2. The van der Waals surface area contributed by atoms with E-state index < -0.39 is 0 Å². The number of benzene rings is 5. The lowest BCUT2D eigenvalue weighted by atomic mass is 9.74. The van der Waals surface area contributed by atoms with Crippen LogP contribution in [0, 0.1) is 5.82 Å². The number of hydrogen-bond acceptors (Lipinski definition) is 4. The molecule has 0 atom stereocenters. The molecular weight excluding hydrogens is 591 g/mol. The van der Waals surface area contributed by atoms with Gasteiger partial charge in [-0.2, -0.15) is 0 Å². The van der Waals surface area contributed by atoms with E-state index in [1.807, 2.05) is 86.6 Å². The third-order valence-electron chi connectivity index (χ3n) is 8.34. The van der Waals surface area contributed by atoms with Gasteiger partial charge < -0.3 is 19.7 Å². The van der Waals surface area contributed by atoms with Crippen LogP contribution in [0.4, 0.5) is 9.18 Å². The Morgan fingerprint density at radius 1 is 0.809 bits per heavy atom. The average Bonchev–Trinajstić information content (AvgIpc) is 3.12. The van der Waals surface area contributed by atoms with Crippen molar-refractivity contribution in [3.63, 3.8) is 0 Å². The van der Waals surface area contributed by atoms with Crippen molar-refractivity contribution in [1.29, 1.82) is 0 Å². The second-order valence-electron chi connectivity index (χ2n) is 11.4. The standard InChI is InChI=1S/C24H24FNO3.C14H13NO.C2H6/c1-24(19-5-7-20(25)8-6-19)11-13-26(14-12-24)23(27)29-22-10-4-17-3-9-21(28-2)15-18(17)16-22;16-11-15-10-12-6-8-14(9-7-12)13-4-2-1-3-5-13;1-2/h3-10,15-16H,11-14H2,1-2H3;1-9,11H,10H2,(H,15,16);1-2H3. The third kappa shape index (κ3) is 9.42. The highest BCUT2D eigenvalue weighted by atomic mass is 19.1. The molecule has 6 rings (SSSR count). The van der Waals surface area contributed by atoms with Crippen molar-refractivity contribution in [1.82, 2.24) is 10.2 Å². The van der Waals surface area contributed by atoms with E-state index in [4.69, 9.17) is 9.47 Å². The van der Waals surface area contributed by atoms with Gasteiger partial charge in [-0.15, -0.1) is 0 Å². The number of rotatable bonds is 7. The Morgan fingerprint density at radius 3 is 2.02 bits per heavy atom. The SMILES string of the molecule is CC.COc1ccc2ccc(OC(=O)N3CCC(C)(c4ccc(F)cc4)CC3)cc2c1.O=CNCc1ccc(-c2ccccc2)cc1. The Balaban J connectivity index is 0.000000235. The number of fused-ring (bicyclic) bond motifs is 1. The van der Waals surface area contributed by atoms with Gasteiger partial charge in [-0.1, -0.05) is 99.6 Å². The van der Waals surface area contributed by atoms with Crippen LogP contribution in [0.1, 0.15) is 44.7 Å². The maximum atomic E-state index is 13.2. The molecule has 0 saturated carbocycles. The molecule has 0 aliphatic carbocycles. The number of likely N-dealkylation sites (tertiary alicyclic amines) is 1. The first kappa shape index (κ1) is 34.7. The molecule has 1 fully saturated rings. The summed E-state index contributed by atoms with van der Waals surface area (Å²) in [5.41, 5.74) is 4.54. The van der Waals surface area contributed by atoms with E-state index in [9.17, 15) is 14.0 Å². The Morgan fingerprint density at radius 2 is 1.40 bits per heavy atom. The van der Waals surface area contributed by atoms with Gasteiger partial charge in [0.25, 0.3) is 0 Å². The molecular formula is C40H43FN2O4. The number of nitrogens with zero attached hydrogens (tertiary/aromatic N) is 1. The number of methoxy groups -OCH3 is 1. The van der Waals surface area contributed by atoms with Crippen LogP contribution in [-0.4, -0.2) is 37.6 Å². The summed E-state index contributed by atoms with van der Waals surface area (Å²) >= 11 is 0. The van der Waals surface area contributed by atoms with Gasteiger partial charge in [0.05, 0.1) is 7.11 Å². The van der Waals surface area contributed by atoms with E-state index >= 15 is 0 Å². The second-order valence-corrected chi connectivity index (χ2v) is 11.4. The molecule has 5 aromatic carbocycles. The molecule has 7 heteroatoms. The molecule has 1 aliphatic rings. The van der Waals surface area contributed by atoms with Gasteiger partial charge in [0.1, 0.15) is 17.3 Å². The fraction of sp³-hybridized carbons (Fsp3) is 0.250. The fourth-order valence-corrected chi connectivity index (χ4v) is 5.49. The lowest BCUT2D eigenvalue weighted by Crippen LogP contribution is -2.45. The molecule has 1 aliphatic heterocycles. The molecule has 244 valence electrons. The van der Waals surface area contributed by atoms with Crippen LogP contribution in [0.15, 0.2) is 115 Å². The zero-order valence-corrected chi connectivity index (χ0v) is 27.5. The predicted octanol–water partition coefficient (Wildman–Crippen LogP) is 9.17. The quantitative estimate of drug-likeness (QED) is 0.181. The number of halogens is 1. The highest BCUT2D eigenvalue weighted by Crippen LogP contribution is 2.35. The molecule has 1 N–H and O–H groups in total. The molecule has 0 bridgehead atoms. The molecule has 0 unspecified atom stereocenters. The maximum absolute atomic E-state index is 13.2. The largest absolute Gasteiger partial charge is 0.497 e. The molecule has 1 heterocycles. The van der Waals surface area contributed by atoms with Gasteiger partial charge in [-0.05, 0) is 87.7 Å². The lowest BCUT2D eigenvalue weighted by molar-refractivity contribution is -0.109. The van der Waals surface area contributed by atoms with Gasteiger partial charge in [-0.25, -0.2) is 9.18 Å². The molecule has 2 amide bonds. The Bertz CT molecular complexity index is 1720. The molecule has 6 nitrogen and oxygen atoms in total. The average molecular weight is 635 g/mol. The van der Waals surface area contributed by atoms with Gasteiger partial charge in [-0.3, -0.25) is 4.79 Å². The number of carbonyl (C=O) groups is 2. The van der Waals surface area contributed by atoms with Crippen LogP contribution in [0.3, 0.4) is 0 Å². The number of amides is 2. The van der Waals surface area contributed by atoms with Crippen molar-refractivity contribution in [2.24, 2.45) is 0 Å². The summed E-state index contributed by atoms with van der Waals surface area (Å²) in [6.07, 6.45) is 1.99. The minimum atomic E-state index is -0.339. The minimum Gasteiger partial charge on any atom is -0.497 e. The monoisotopic (exact) mass is 634 g/mol. The van der Waals surface area contributed by atoms with Crippen molar-refractivity contribution >= 4 is 23.3 Å². The number of hydrogen-bond donors (Lipinski definition) is 1. The highest BCUT2D eigenvalue weighted by molar-refractivity contribution is 5.86. The topological polar surface area (TPSA) is 67.9 Å². The minimum absolute atomic E-state index is 0.0655. The molecule has 0 radical (unpaired) electrons. The van der Waals surface area contributed by atoms with Gasteiger partial charge in [0.2, 0.25) is 6.41 Å². The van der Waals surface area contributed by atoms with E-state index in [0.717, 1.165) is 40.5 Å². The molecule has 5 aromatic rings. The van der Waals surface area contributed by atoms with Crippen molar-refractivity contribution < 1.29 is 23.5 Å². The highest BCUT2D eigenvalue weighted by Gasteiger charge is 2.34. The zero-order valence-electron chi connectivity index (χ0n) is 27.5. The third-order valence-corrected chi connectivity index (χ3v) is 8.34. The Hall–Kier alpha value is -5.17. The summed E-state index contributed by atoms with van der Waals surface area (Å²) in [6, 6.07) is 36.5. The van der Waals surface area contributed by atoms with Gasteiger partial charge >= 0.3 is 6.09 Å². The number of nitrogens with one attached hydrogen (secondary N) is 1.